The van der Waals surface area contributed by atoms with E-state index < -0.39 is 17.9 Å². The van der Waals surface area contributed by atoms with Crippen molar-refractivity contribution in [1.82, 2.24) is 4.98 Å². The fourth-order valence-electron chi connectivity index (χ4n) is 3.01. The Morgan fingerprint density at radius 3 is 2.43 bits per heavy atom. The average molecular weight is 494 g/mol. The summed E-state index contributed by atoms with van der Waals surface area (Å²) in [6, 6.07) is 15.5. The van der Waals surface area contributed by atoms with E-state index in [-0.39, 0.29) is 0 Å². The summed E-state index contributed by atoms with van der Waals surface area (Å²) in [5.74, 6) is -2.16. The van der Waals surface area contributed by atoms with E-state index in [1.807, 2.05) is 24.3 Å². The highest BCUT2D eigenvalue weighted by Crippen LogP contribution is 2.42. The molecule has 30 heavy (non-hydrogen) atoms. The molecular weight excluding hydrogens is 468 g/mol. The second-order valence-electron chi connectivity index (χ2n) is 8.66. The summed E-state index contributed by atoms with van der Waals surface area (Å²) in [6.07, 6.45) is 0. The molecule has 0 spiro atoms. The Morgan fingerprint density at radius 2 is 1.77 bits per heavy atom. The van der Waals surface area contributed by atoms with Crippen LogP contribution in [0.2, 0.25) is 0 Å². The third-order valence-corrected chi connectivity index (χ3v) is 6.61. The number of halogens is 3. The van der Waals surface area contributed by atoms with Gasteiger partial charge in [-0.05, 0) is 45.1 Å². The van der Waals surface area contributed by atoms with E-state index in [1.54, 1.807) is 12.1 Å². The summed E-state index contributed by atoms with van der Waals surface area (Å²) in [5, 5.41) is 0. The monoisotopic (exact) mass is 493 g/mol. The summed E-state index contributed by atoms with van der Waals surface area (Å²) < 4.78 is 34.9. The Balaban J connectivity index is 1.97. The standard InChI is InChI=1S/C24H26BrF2NOS/c1-15(2)18-11-6-7-12-19(18)20-21(30-22(25)28-20)16-9-8-10-17(13-16)29-14-24(26,27)23(3,4)5/h6-13,15H,14H2,1-5H3. The normalized spacial score (nSPS) is 12.4. The second kappa shape index (κ2) is 8.75. The van der Waals surface area contributed by atoms with E-state index in [0.717, 1.165) is 25.6 Å². The van der Waals surface area contributed by atoms with Crippen molar-refractivity contribution in [3.63, 3.8) is 0 Å². The van der Waals surface area contributed by atoms with Crippen LogP contribution in [-0.2, 0) is 0 Å². The molecule has 0 aliphatic rings. The summed E-state index contributed by atoms with van der Waals surface area (Å²) in [6.45, 7) is 8.20. The van der Waals surface area contributed by atoms with Crippen LogP contribution in [0.15, 0.2) is 52.4 Å². The number of benzene rings is 2. The van der Waals surface area contributed by atoms with Crippen molar-refractivity contribution < 1.29 is 13.5 Å². The Labute approximate surface area is 189 Å². The minimum Gasteiger partial charge on any atom is -0.487 e. The Hall–Kier alpha value is -1.79. The molecule has 0 radical (unpaired) electrons. The number of aromatic nitrogens is 1. The van der Waals surface area contributed by atoms with Crippen molar-refractivity contribution in [2.75, 3.05) is 6.61 Å². The van der Waals surface area contributed by atoms with E-state index in [0.29, 0.717) is 11.7 Å². The summed E-state index contributed by atoms with van der Waals surface area (Å²) >= 11 is 5.03. The van der Waals surface area contributed by atoms with Gasteiger partial charge in [0, 0.05) is 11.0 Å². The zero-order valence-corrected chi connectivity index (χ0v) is 20.2. The van der Waals surface area contributed by atoms with Gasteiger partial charge in [0.15, 0.2) is 10.5 Å². The first-order valence-electron chi connectivity index (χ1n) is 9.86. The van der Waals surface area contributed by atoms with Gasteiger partial charge in [-0.1, -0.05) is 71.0 Å². The van der Waals surface area contributed by atoms with Gasteiger partial charge in [-0.2, -0.15) is 0 Å². The molecule has 3 aromatic rings. The fraction of sp³-hybridized carbons (Fsp3) is 0.375. The minimum atomic E-state index is -2.93. The molecule has 0 fully saturated rings. The van der Waals surface area contributed by atoms with Crippen molar-refractivity contribution in [1.29, 1.82) is 0 Å². The predicted octanol–water partition coefficient (Wildman–Crippen LogP) is 8.42. The molecule has 0 saturated carbocycles. The summed E-state index contributed by atoms with van der Waals surface area (Å²) in [5.41, 5.74) is 2.90. The van der Waals surface area contributed by atoms with Crippen molar-refractivity contribution in [2.24, 2.45) is 5.41 Å². The zero-order valence-electron chi connectivity index (χ0n) is 17.8. The third-order valence-electron chi connectivity index (χ3n) is 5.05. The molecule has 0 saturated heterocycles. The number of ether oxygens (including phenoxy) is 1. The molecule has 1 aromatic heterocycles. The van der Waals surface area contributed by atoms with Crippen molar-refractivity contribution in [3.8, 4) is 27.4 Å². The van der Waals surface area contributed by atoms with Crippen LogP contribution in [0.25, 0.3) is 21.7 Å². The van der Waals surface area contributed by atoms with E-state index >= 15 is 0 Å². The third kappa shape index (κ3) is 4.92. The molecule has 0 N–H and O–H groups in total. The van der Waals surface area contributed by atoms with Crippen LogP contribution < -0.4 is 4.74 Å². The molecule has 3 rings (SSSR count). The highest BCUT2D eigenvalue weighted by atomic mass is 79.9. The van der Waals surface area contributed by atoms with Crippen molar-refractivity contribution >= 4 is 27.3 Å². The van der Waals surface area contributed by atoms with Crippen LogP contribution in [0.3, 0.4) is 0 Å². The Kier molecular flexibility index (Phi) is 6.68. The Bertz CT molecular complexity index is 1020. The molecule has 1 heterocycles. The first-order valence-corrected chi connectivity index (χ1v) is 11.5. The quantitative estimate of drug-likeness (QED) is 0.343. The molecule has 0 amide bonds. The lowest BCUT2D eigenvalue weighted by molar-refractivity contribution is -0.123. The number of hydrogen-bond donors (Lipinski definition) is 0. The van der Waals surface area contributed by atoms with Gasteiger partial charge in [-0.25, -0.2) is 13.8 Å². The van der Waals surface area contributed by atoms with E-state index in [9.17, 15) is 8.78 Å². The Morgan fingerprint density at radius 1 is 1.07 bits per heavy atom. The van der Waals surface area contributed by atoms with Gasteiger partial charge in [-0.3, -0.25) is 0 Å². The lowest BCUT2D eigenvalue weighted by Crippen LogP contribution is -2.39. The average Bonchev–Trinajstić information content (AvgIpc) is 3.07. The van der Waals surface area contributed by atoms with Crippen molar-refractivity contribution in [3.05, 3.63) is 58.0 Å². The van der Waals surface area contributed by atoms with Crippen molar-refractivity contribution in [2.45, 2.75) is 46.5 Å². The highest BCUT2D eigenvalue weighted by molar-refractivity contribution is 9.11. The lowest BCUT2D eigenvalue weighted by Gasteiger charge is -2.30. The summed E-state index contributed by atoms with van der Waals surface area (Å²) in [4.78, 5) is 5.70. The number of alkyl halides is 2. The molecule has 0 unspecified atom stereocenters. The van der Waals surface area contributed by atoms with E-state index in [1.165, 1.54) is 37.7 Å². The molecule has 160 valence electrons. The summed E-state index contributed by atoms with van der Waals surface area (Å²) in [7, 11) is 0. The highest BCUT2D eigenvalue weighted by Gasteiger charge is 2.43. The topological polar surface area (TPSA) is 22.1 Å². The van der Waals surface area contributed by atoms with Crippen LogP contribution in [-0.4, -0.2) is 17.5 Å². The molecule has 0 bridgehead atoms. The predicted molar refractivity (Wildman–Crippen MR) is 125 cm³/mol. The van der Waals surface area contributed by atoms with Gasteiger partial charge in [0.2, 0.25) is 0 Å². The fourth-order valence-corrected chi connectivity index (χ4v) is 4.47. The molecule has 2 nitrogen and oxygen atoms in total. The smallest absolute Gasteiger partial charge is 0.286 e. The maximum absolute atomic E-state index is 14.3. The SMILES string of the molecule is CC(C)c1ccccc1-c1nc(Br)sc1-c1cccc(OCC(F)(F)C(C)(C)C)c1. The first-order chi connectivity index (χ1) is 14.0. The van der Waals surface area contributed by atoms with Gasteiger partial charge in [0.25, 0.3) is 5.92 Å². The maximum Gasteiger partial charge on any atom is 0.286 e. The van der Waals surface area contributed by atoms with Gasteiger partial charge in [-0.15, -0.1) is 11.3 Å². The van der Waals surface area contributed by atoms with Gasteiger partial charge < -0.3 is 4.74 Å². The zero-order chi connectivity index (χ0) is 22.1. The van der Waals surface area contributed by atoms with Gasteiger partial charge in [0.1, 0.15) is 5.75 Å². The van der Waals surface area contributed by atoms with Crippen LogP contribution in [0.5, 0.6) is 5.75 Å². The molecule has 0 aliphatic heterocycles. The molecule has 0 aliphatic carbocycles. The van der Waals surface area contributed by atoms with Crippen LogP contribution >= 0.6 is 27.3 Å². The molecule has 2 aromatic carbocycles. The number of hydrogen-bond acceptors (Lipinski definition) is 3. The lowest BCUT2D eigenvalue weighted by atomic mass is 9.88. The maximum atomic E-state index is 14.3. The van der Waals surface area contributed by atoms with Crippen LogP contribution in [0.1, 0.15) is 46.1 Å². The number of rotatable bonds is 6. The first kappa shape index (κ1) is 22.9. The largest absolute Gasteiger partial charge is 0.487 e. The second-order valence-corrected chi connectivity index (χ2v) is 10.9. The van der Waals surface area contributed by atoms with Crippen LogP contribution in [0, 0.1) is 5.41 Å². The van der Waals surface area contributed by atoms with E-state index in [4.69, 9.17) is 9.72 Å². The van der Waals surface area contributed by atoms with Gasteiger partial charge >= 0.3 is 0 Å². The van der Waals surface area contributed by atoms with Crippen LogP contribution in [0.4, 0.5) is 8.78 Å². The molecule has 6 heteroatoms. The van der Waals surface area contributed by atoms with E-state index in [2.05, 4.69) is 41.9 Å². The number of thiazole rings is 1. The molecule has 0 atom stereocenters. The van der Waals surface area contributed by atoms with Gasteiger partial charge in [0.05, 0.1) is 10.6 Å². The molecular formula is C24H26BrF2NOS. The number of nitrogens with zero attached hydrogens (tertiary/aromatic N) is 1. The minimum absolute atomic E-state index is 0.351.